The van der Waals surface area contributed by atoms with Crippen LogP contribution in [0.3, 0.4) is 0 Å². The summed E-state index contributed by atoms with van der Waals surface area (Å²) >= 11 is 0. The van der Waals surface area contributed by atoms with E-state index < -0.39 is 0 Å². The second-order valence-electron chi connectivity index (χ2n) is 2.85. The molecule has 4 nitrogen and oxygen atoms in total. The number of hydrogen-bond acceptors (Lipinski definition) is 3. The monoisotopic (exact) mass is 157 g/mol. The van der Waals surface area contributed by atoms with Gasteiger partial charge in [0.1, 0.15) is 0 Å². The fourth-order valence-electron chi connectivity index (χ4n) is 1.28. The molecule has 0 aromatic carbocycles. The number of carbonyl (C=O) groups excluding carboxylic acids is 1. The lowest BCUT2D eigenvalue weighted by Gasteiger charge is -2.16. The lowest BCUT2D eigenvalue weighted by molar-refractivity contribution is -0.119. The van der Waals surface area contributed by atoms with Gasteiger partial charge in [0.05, 0.1) is 6.54 Å². The van der Waals surface area contributed by atoms with Crippen molar-refractivity contribution >= 4 is 5.91 Å². The van der Waals surface area contributed by atoms with Crippen molar-refractivity contribution in [3.05, 3.63) is 0 Å². The molecule has 0 aliphatic carbocycles. The van der Waals surface area contributed by atoms with Crippen LogP contribution in [-0.2, 0) is 4.79 Å². The molecule has 0 spiro atoms. The van der Waals surface area contributed by atoms with Gasteiger partial charge in [-0.3, -0.25) is 9.69 Å². The van der Waals surface area contributed by atoms with Crippen LogP contribution in [0.1, 0.15) is 6.42 Å². The van der Waals surface area contributed by atoms with Gasteiger partial charge in [0, 0.05) is 13.1 Å². The van der Waals surface area contributed by atoms with Crippen LogP contribution in [0.4, 0.5) is 0 Å². The molecular formula is C7H15N3O. The number of rotatable bonds is 2. The van der Waals surface area contributed by atoms with Gasteiger partial charge in [0.25, 0.3) is 0 Å². The summed E-state index contributed by atoms with van der Waals surface area (Å²) in [6.45, 7) is 4.34. The van der Waals surface area contributed by atoms with Crippen LogP contribution in [0.15, 0.2) is 0 Å². The van der Waals surface area contributed by atoms with Crippen LogP contribution < -0.4 is 11.1 Å². The molecule has 3 N–H and O–H groups in total. The Morgan fingerprint density at radius 2 is 2.27 bits per heavy atom. The second kappa shape index (κ2) is 4.31. The van der Waals surface area contributed by atoms with E-state index in [2.05, 4.69) is 10.2 Å². The third-order valence-corrected chi connectivity index (χ3v) is 1.81. The standard InChI is InChI=1S/C7H15N3O/c8-7(11)6-10-4-1-2-9-3-5-10/h9H,1-6H2,(H2,8,11). The van der Waals surface area contributed by atoms with Gasteiger partial charge >= 0.3 is 0 Å². The Morgan fingerprint density at radius 3 is 3.00 bits per heavy atom. The Morgan fingerprint density at radius 1 is 1.45 bits per heavy atom. The van der Waals surface area contributed by atoms with E-state index in [0.29, 0.717) is 6.54 Å². The van der Waals surface area contributed by atoms with E-state index in [4.69, 9.17) is 5.73 Å². The van der Waals surface area contributed by atoms with Crippen molar-refractivity contribution in [1.82, 2.24) is 10.2 Å². The van der Waals surface area contributed by atoms with Gasteiger partial charge in [-0.15, -0.1) is 0 Å². The van der Waals surface area contributed by atoms with E-state index in [0.717, 1.165) is 32.6 Å². The van der Waals surface area contributed by atoms with E-state index in [1.165, 1.54) is 0 Å². The van der Waals surface area contributed by atoms with Gasteiger partial charge in [0.15, 0.2) is 0 Å². The van der Waals surface area contributed by atoms with Crippen LogP contribution in [0, 0.1) is 0 Å². The minimum atomic E-state index is -0.230. The zero-order chi connectivity index (χ0) is 8.10. The van der Waals surface area contributed by atoms with Crippen molar-refractivity contribution in [3.8, 4) is 0 Å². The molecule has 1 amide bonds. The zero-order valence-corrected chi connectivity index (χ0v) is 6.68. The molecule has 1 aliphatic rings. The van der Waals surface area contributed by atoms with Gasteiger partial charge in [-0.05, 0) is 19.5 Å². The predicted molar refractivity (Wildman–Crippen MR) is 43.1 cm³/mol. The van der Waals surface area contributed by atoms with Crippen LogP contribution in [-0.4, -0.2) is 43.5 Å². The lowest BCUT2D eigenvalue weighted by atomic mass is 10.4. The number of primary amides is 1. The molecule has 0 atom stereocenters. The highest BCUT2D eigenvalue weighted by atomic mass is 16.1. The lowest BCUT2D eigenvalue weighted by Crippen LogP contribution is -2.36. The number of nitrogens with zero attached hydrogens (tertiary/aromatic N) is 1. The van der Waals surface area contributed by atoms with Crippen molar-refractivity contribution in [1.29, 1.82) is 0 Å². The minimum Gasteiger partial charge on any atom is -0.369 e. The highest BCUT2D eigenvalue weighted by Gasteiger charge is 2.09. The SMILES string of the molecule is NC(=O)CN1CCCNCC1. The number of hydrogen-bond donors (Lipinski definition) is 2. The quantitative estimate of drug-likeness (QED) is 0.527. The summed E-state index contributed by atoms with van der Waals surface area (Å²) in [5.74, 6) is -0.230. The van der Waals surface area contributed by atoms with E-state index in [1.54, 1.807) is 0 Å². The summed E-state index contributed by atoms with van der Waals surface area (Å²) in [4.78, 5) is 12.6. The summed E-state index contributed by atoms with van der Waals surface area (Å²) in [5.41, 5.74) is 5.07. The summed E-state index contributed by atoms with van der Waals surface area (Å²) < 4.78 is 0. The smallest absolute Gasteiger partial charge is 0.231 e. The molecule has 0 radical (unpaired) electrons. The van der Waals surface area contributed by atoms with E-state index in [1.807, 2.05) is 0 Å². The Kier molecular flexibility index (Phi) is 3.32. The summed E-state index contributed by atoms with van der Waals surface area (Å²) in [6.07, 6.45) is 1.10. The maximum atomic E-state index is 10.5. The maximum absolute atomic E-state index is 10.5. The van der Waals surface area contributed by atoms with Crippen LogP contribution in [0.5, 0.6) is 0 Å². The average Bonchev–Trinajstić information content (AvgIpc) is 2.14. The molecule has 0 bridgehead atoms. The van der Waals surface area contributed by atoms with Gasteiger partial charge < -0.3 is 11.1 Å². The van der Waals surface area contributed by atoms with Crippen LogP contribution in [0.25, 0.3) is 0 Å². The third-order valence-electron chi connectivity index (χ3n) is 1.81. The average molecular weight is 157 g/mol. The number of nitrogens with one attached hydrogen (secondary N) is 1. The van der Waals surface area contributed by atoms with Gasteiger partial charge in [-0.2, -0.15) is 0 Å². The molecule has 0 saturated carbocycles. The topological polar surface area (TPSA) is 58.4 Å². The number of carbonyl (C=O) groups is 1. The van der Waals surface area contributed by atoms with Crippen molar-refractivity contribution in [2.75, 3.05) is 32.7 Å². The zero-order valence-electron chi connectivity index (χ0n) is 6.68. The molecule has 1 aliphatic heterocycles. The minimum absolute atomic E-state index is 0.230. The van der Waals surface area contributed by atoms with Gasteiger partial charge in [-0.1, -0.05) is 0 Å². The number of amides is 1. The molecule has 1 rings (SSSR count). The summed E-state index contributed by atoms with van der Waals surface area (Å²) in [7, 11) is 0. The predicted octanol–water partition coefficient (Wildman–Crippen LogP) is -1.23. The first-order chi connectivity index (χ1) is 5.29. The molecular weight excluding hydrogens is 142 g/mol. The van der Waals surface area contributed by atoms with Crippen molar-refractivity contribution in [3.63, 3.8) is 0 Å². The summed E-state index contributed by atoms with van der Waals surface area (Å²) in [6, 6.07) is 0. The normalized spacial score (nSPS) is 21.1. The van der Waals surface area contributed by atoms with E-state index in [9.17, 15) is 4.79 Å². The highest BCUT2D eigenvalue weighted by molar-refractivity contribution is 5.75. The maximum Gasteiger partial charge on any atom is 0.231 e. The number of nitrogens with two attached hydrogens (primary N) is 1. The van der Waals surface area contributed by atoms with Crippen LogP contribution >= 0.6 is 0 Å². The highest BCUT2D eigenvalue weighted by Crippen LogP contribution is 1.93. The Balaban J connectivity index is 2.25. The molecule has 64 valence electrons. The summed E-state index contributed by atoms with van der Waals surface area (Å²) in [5, 5.41) is 3.26. The molecule has 0 unspecified atom stereocenters. The first kappa shape index (κ1) is 8.49. The van der Waals surface area contributed by atoms with Crippen LogP contribution in [0.2, 0.25) is 0 Å². The molecule has 1 saturated heterocycles. The van der Waals surface area contributed by atoms with E-state index in [-0.39, 0.29) is 5.91 Å². The third kappa shape index (κ3) is 3.34. The fraction of sp³-hybridized carbons (Fsp3) is 0.857. The van der Waals surface area contributed by atoms with E-state index >= 15 is 0 Å². The first-order valence-electron chi connectivity index (χ1n) is 4.00. The van der Waals surface area contributed by atoms with Gasteiger partial charge in [0.2, 0.25) is 5.91 Å². The molecule has 4 heteroatoms. The fourth-order valence-corrected chi connectivity index (χ4v) is 1.28. The van der Waals surface area contributed by atoms with Crippen molar-refractivity contribution in [2.45, 2.75) is 6.42 Å². The molecule has 0 aromatic rings. The van der Waals surface area contributed by atoms with Crippen molar-refractivity contribution in [2.24, 2.45) is 5.73 Å². The van der Waals surface area contributed by atoms with Gasteiger partial charge in [-0.25, -0.2) is 0 Å². The molecule has 11 heavy (non-hydrogen) atoms. The Hall–Kier alpha value is -0.610. The molecule has 1 heterocycles. The van der Waals surface area contributed by atoms with Crippen molar-refractivity contribution < 1.29 is 4.79 Å². The largest absolute Gasteiger partial charge is 0.369 e. The Bertz CT molecular complexity index is 130. The molecule has 0 aromatic heterocycles. The first-order valence-corrected chi connectivity index (χ1v) is 4.00. The second-order valence-corrected chi connectivity index (χ2v) is 2.85. The Labute approximate surface area is 66.7 Å². The molecule has 1 fully saturated rings.